The fourth-order valence-corrected chi connectivity index (χ4v) is 5.66. The van der Waals surface area contributed by atoms with Crippen molar-refractivity contribution in [3.05, 3.63) is 81.8 Å². The summed E-state index contributed by atoms with van der Waals surface area (Å²) in [6.45, 7) is 22.3. The Bertz CT molecular complexity index is 1540. The zero-order chi connectivity index (χ0) is 31.5. The van der Waals surface area contributed by atoms with Gasteiger partial charge in [-0.2, -0.15) is 0 Å². The Morgan fingerprint density at radius 3 is 2.51 bits per heavy atom. The lowest BCUT2D eigenvalue weighted by molar-refractivity contribution is -0.127. The fraction of sp³-hybridized carbons (Fsp3) is 0.471. The summed E-state index contributed by atoms with van der Waals surface area (Å²) in [4.78, 5) is 39.2. The van der Waals surface area contributed by atoms with Crippen molar-refractivity contribution in [3.8, 4) is 0 Å². The fourth-order valence-electron chi connectivity index (χ4n) is 5.54. The molecule has 2 aromatic carbocycles. The molecule has 228 valence electrons. The van der Waals surface area contributed by atoms with Gasteiger partial charge in [0.15, 0.2) is 0 Å². The zero-order valence-corrected chi connectivity index (χ0v) is 27.1. The van der Waals surface area contributed by atoms with E-state index < -0.39 is 0 Å². The number of imidazole rings is 1. The van der Waals surface area contributed by atoms with Gasteiger partial charge >= 0.3 is 0 Å². The number of fused-ring (bicyclic) bond motifs is 1. The largest absolute Gasteiger partial charge is 0.343 e. The van der Waals surface area contributed by atoms with E-state index in [1.807, 2.05) is 18.4 Å². The standard InChI is InChI=1S/C34H43ClN6O2/c1-22(2)18-29(36-7)32(43)40-17-9-10-27(40)21-41-30-16-11-24(20-39(8)23(3)34(4,5)6)19-28(30)37-33(41)38-31(42)25-12-14-26(35)15-13-25/h11-16,18-19,22-23,27H,9-10,17,20-21H2,1-6,8H3,(H,37,38,42)/b29-18-/t23-,27?/m0/s1. The average molecular weight is 603 g/mol. The molecule has 1 unspecified atom stereocenters. The molecule has 2 heterocycles. The number of aromatic nitrogens is 2. The average Bonchev–Trinajstić information content (AvgIpc) is 3.54. The summed E-state index contributed by atoms with van der Waals surface area (Å²) in [6.07, 6.45) is 3.38. The van der Waals surface area contributed by atoms with E-state index in [0.29, 0.717) is 35.7 Å². The number of nitrogens with zero attached hydrogens (tertiary/aromatic N) is 5. The van der Waals surface area contributed by atoms with Crippen molar-refractivity contribution < 1.29 is 9.59 Å². The van der Waals surface area contributed by atoms with Crippen LogP contribution < -0.4 is 5.32 Å². The number of nitrogens with one attached hydrogen (secondary N) is 1. The van der Waals surface area contributed by atoms with E-state index in [1.165, 1.54) is 0 Å². The second-order valence-corrected chi connectivity index (χ2v) is 13.4. The minimum Gasteiger partial charge on any atom is -0.343 e. The highest BCUT2D eigenvalue weighted by Crippen LogP contribution is 2.29. The molecule has 1 aromatic heterocycles. The van der Waals surface area contributed by atoms with E-state index in [0.717, 1.165) is 36.0 Å². The van der Waals surface area contributed by atoms with E-state index in [1.54, 1.807) is 35.2 Å². The predicted octanol–water partition coefficient (Wildman–Crippen LogP) is 7.26. The van der Waals surface area contributed by atoms with Crippen molar-refractivity contribution in [2.45, 2.75) is 79.6 Å². The van der Waals surface area contributed by atoms with Gasteiger partial charge in [-0.1, -0.05) is 58.4 Å². The Kier molecular flexibility index (Phi) is 9.99. The Labute approximate surface area is 260 Å². The SMILES string of the molecule is [C-]#[N+]/C(=C\C(C)C)C(=O)N1CCCC1Cn1c(NC(=O)c2ccc(Cl)cc2)nc2cc(CN(C)[C@@H](C)C(C)(C)C)ccc21. The molecule has 9 heteroatoms. The summed E-state index contributed by atoms with van der Waals surface area (Å²) >= 11 is 6.04. The first kappa shape index (κ1) is 32.2. The molecule has 1 aliphatic rings. The lowest BCUT2D eigenvalue weighted by Gasteiger charge is -2.35. The van der Waals surface area contributed by atoms with Crippen LogP contribution in [0, 0.1) is 17.9 Å². The monoisotopic (exact) mass is 602 g/mol. The normalized spacial score (nSPS) is 16.6. The first-order valence-corrected chi connectivity index (χ1v) is 15.3. The smallest absolute Gasteiger partial charge is 0.257 e. The van der Waals surface area contributed by atoms with Crippen molar-refractivity contribution in [1.82, 2.24) is 19.4 Å². The molecule has 2 amide bonds. The van der Waals surface area contributed by atoms with Gasteiger partial charge in [-0.15, -0.1) is 0 Å². The molecule has 2 atom stereocenters. The summed E-state index contributed by atoms with van der Waals surface area (Å²) in [5.41, 5.74) is 3.56. The van der Waals surface area contributed by atoms with Crippen molar-refractivity contribution >= 4 is 40.4 Å². The Morgan fingerprint density at radius 2 is 1.88 bits per heavy atom. The van der Waals surface area contributed by atoms with E-state index in [9.17, 15) is 9.59 Å². The van der Waals surface area contributed by atoms with Crippen molar-refractivity contribution in [1.29, 1.82) is 0 Å². The third kappa shape index (κ3) is 7.65. The van der Waals surface area contributed by atoms with Gasteiger partial charge in [0.1, 0.15) is 0 Å². The highest BCUT2D eigenvalue weighted by molar-refractivity contribution is 6.30. The quantitative estimate of drug-likeness (QED) is 0.207. The van der Waals surface area contributed by atoms with Crippen LogP contribution in [0.25, 0.3) is 15.9 Å². The number of likely N-dealkylation sites (tertiary alicyclic amines) is 1. The van der Waals surface area contributed by atoms with Gasteiger partial charge in [-0.25, -0.2) is 9.83 Å². The first-order valence-electron chi connectivity index (χ1n) is 14.9. The molecular weight excluding hydrogens is 560 g/mol. The Hall–Kier alpha value is -3.67. The van der Waals surface area contributed by atoms with Crippen LogP contribution in [0.1, 0.15) is 70.3 Å². The molecule has 0 spiro atoms. The third-order valence-electron chi connectivity index (χ3n) is 8.35. The van der Waals surface area contributed by atoms with E-state index in [2.05, 4.69) is 68.0 Å². The highest BCUT2D eigenvalue weighted by atomic mass is 35.5. The maximum Gasteiger partial charge on any atom is 0.257 e. The number of anilines is 1. The number of hydrogen-bond acceptors (Lipinski definition) is 4. The summed E-state index contributed by atoms with van der Waals surface area (Å²) < 4.78 is 1.99. The highest BCUT2D eigenvalue weighted by Gasteiger charge is 2.32. The second-order valence-electron chi connectivity index (χ2n) is 13.0. The number of carbonyl (C=O) groups excluding carboxylic acids is 2. The van der Waals surface area contributed by atoms with Crippen LogP contribution in [0.5, 0.6) is 0 Å². The van der Waals surface area contributed by atoms with E-state index in [4.69, 9.17) is 23.2 Å². The minimum atomic E-state index is -0.290. The lowest BCUT2D eigenvalue weighted by atomic mass is 9.87. The molecule has 1 aliphatic heterocycles. The summed E-state index contributed by atoms with van der Waals surface area (Å²) in [7, 11) is 2.13. The van der Waals surface area contributed by atoms with Crippen molar-refractivity contribution in [2.75, 3.05) is 18.9 Å². The number of carbonyl (C=O) groups is 2. The molecule has 3 aromatic rings. The number of allylic oxidation sites excluding steroid dienone is 1. The van der Waals surface area contributed by atoms with E-state index >= 15 is 0 Å². The van der Waals surface area contributed by atoms with Crippen LogP contribution in [-0.4, -0.2) is 56.8 Å². The van der Waals surface area contributed by atoms with Crippen LogP contribution >= 0.6 is 11.6 Å². The number of amides is 2. The Morgan fingerprint density at radius 1 is 1.19 bits per heavy atom. The minimum absolute atomic E-state index is 0.0982. The number of hydrogen-bond donors (Lipinski definition) is 1. The third-order valence-corrected chi connectivity index (χ3v) is 8.60. The summed E-state index contributed by atoms with van der Waals surface area (Å²) in [6, 6.07) is 13.2. The molecule has 1 saturated heterocycles. The van der Waals surface area contributed by atoms with Gasteiger partial charge in [0.05, 0.1) is 17.6 Å². The molecule has 1 fully saturated rings. The molecule has 4 rings (SSSR count). The van der Waals surface area contributed by atoms with Crippen LogP contribution in [0.15, 0.2) is 54.2 Å². The van der Waals surface area contributed by atoms with Gasteiger partial charge in [0.2, 0.25) is 11.6 Å². The molecule has 0 radical (unpaired) electrons. The number of benzene rings is 2. The molecule has 0 bridgehead atoms. The van der Waals surface area contributed by atoms with Gasteiger partial charge in [-0.3, -0.25) is 19.8 Å². The van der Waals surface area contributed by atoms with Crippen LogP contribution in [0.2, 0.25) is 5.02 Å². The second kappa shape index (κ2) is 13.3. The van der Waals surface area contributed by atoms with Crippen molar-refractivity contribution in [3.63, 3.8) is 0 Å². The molecule has 0 saturated carbocycles. The molecule has 1 N–H and O–H groups in total. The topological polar surface area (TPSA) is 74.8 Å². The number of halogens is 1. The predicted molar refractivity (Wildman–Crippen MR) is 174 cm³/mol. The van der Waals surface area contributed by atoms with Crippen LogP contribution in [0.3, 0.4) is 0 Å². The summed E-state index contributed by atoms with van der Waals surface area (Å²) in [5, 5.41) is 3.56. The number of rotatable bonds is 9. The molecule has 0 aliphatic carbocycles. The van der Waals surface area contributed by atoms with Gasteiger partial charge < -0.3 is 9.47 Å². The van der Waals surface area contributed by atoms with Crippen LogP contribution in [0.4, 0.5) is 5.95 Å². The maximum atomic E-state index is 13.4. The zero-order valence-electron chi connectivity index (χ0n) is 26.3. The van der Waals surface area contributed by atoms with Gasteiger partial charge in [0.25, 0.3) is 11.8 Å². The van der Waals surface area contributed by atoms with Crippen molar-refractivity contribution in [2.24, 2.45) is 11.3 Å². The lowest BCUT2D eigenvalue weighted by Crippen LogP contribution is -2.39. The van der Waals surface area contributed by atoms with Gasteiger partial charge in [0, 0.05) is 42.3 Å². The van der Waals surface area contributed by atoms with E-state index in [-0.39, 0.29) is 34.9 Å². The molecule has 8 nitrogen and oxygen atoms in total. The van der Waals surface area contributed by atoms with Gasteiger partial charge in [-0.05, 0) is 80.1 Å². The maximum absolute atomic E-state index is 13.4. The van der Waals surface area contributed by atoms with Crippen LogP contribution in [-0.2, 0) is 17.9 Å². The summed E-state index contributed by atoms with van der Waals surface area (Å²) in [5.74, 6) is -0.00528. The Balaban J connectivity index is 1.69. The molecular formula is C34H43ClN6O2. The molecule has 43 heavy (non-hydrogen) atoms. The first-order chi connectivity index (χ1) is 20.3.